The number of Topliss-reactive ketones (excluding diaryl/α,β-unsaturated/α-hetero) is 1. The molecule has 0 saturated carbocycles. The van der Waals surface area contributed by atoms with Crippen LogP contribution in [0.1, 0.15) is 35.2 Å². The van der Waals surface area contributed by atoms with Crippen molar-refractivity contribution in [2.75, 3.05) is 43.4 Å². The van der Waals surface area contributed by atoms with Crippen molar-refractivity contribution >= 4 is 39.8 Å². The van der Waals surface area contributed by atoms with E-state index in [1.165, 1.54) is 11.5 Å². The number of hydrogen-bond acceptors (Lipinski definition) is 8. The van der Waals surface area contributed by atoms with Gasteiger partial charge in [-0.25, -0.2) is 4.98 Å². The average Bonchev–Trinajstić information content (AvgIpc) is 3.19. The molecule has 2 N–H and O–H groups in total. The van der Waals surface area contributed by atoms with Gasteiger partial charge in [0.15, 0.2) is 0 Å². The minimum Gasteiger partial charge on any atom is -0.368 e. The van der Waals surface area contributed by atoms with Crippen LogP contribution in [0.25, 0.3) is 0 Å². The van der Waals surface area contributed by atoms with Gasteiger partial charge >= 0.3 is 0 Å². The lowest BCUT2D eigenvalue weighted by molar-refractivity contribution is -0.134. The fourth-order valence-electron chi connectivity index (χ4n) is 3.31. The topological polar surface area (TPSA) is 108 Å². The number of aryl methyl sites for hydroxylation is 1. The molecule has 1 fully saturated rings. The van der Waals surface area contributed by atoms with Gasteiger partial charge in [0.05, 0.1) is 17.1 Å². The maximum atomic E-state index is 11.7. The quantitative estimate of drug-likeness (QED) is 0.640. The van der Waals surface area contributed by atoms with Crippen molar-refractivity contribution in [3.05, 3.63) is 35.3 Å². The minimum atomic E-state index is -0.590. The summed E-state index contributed by atoms with van der Waals surface area (Å²) in [6.45, 7) is 7.69. The van der Waals surface area contributed by atoms with Gasteiger partial charge in [0.1, 0.15) is 10.7 Å². The van der Waals surface area contributed by atoms with Gasteiger partial charge in [0.25, 0.3) is 11.8 Å². The fraction of sp³-hybridized carbons (Fsp3) is 0.450. The highest BCUT2D eigenvalue weighted by atomic mass is 32.1. The molecule has 1 aliphatic rings. The van der Waals surface area contributed by atoms with Crippen LogP contribution in [0.3, 0.4) is 0 Å². The molecule has 3 heterocycles. The summed E-state index contributed by atoms with van der Waals surface area (Å²) in [5.41, 5.74) is 3.18. The number of amides is 2. The van der Waals surface area contributed by atoms with Crippen LogP contribution in [0.4, 0.5) is 10.7 Å². The predicted octanol–water partition coefficient (Wildman–Crippen LogP) is 1.45. The van der Waals surface area contributed by atoms with Gasteiger partial charge in [-0.3, -0.25) is 19.3 Å². The Morgan fingerprint density at radius 2 is 1.90 bits per heavy atom. The van der Waals surface area contributed by atoms with Crippen LogP contribution in [0, 0.1) is 6.92 Å². The standard InChI is InChI=1S/C20H26N6O3S/c1-4-17(27)20(29)23-18-11-14(24-30-18)12-25-7-9-26(10-8-25)16-6-5-15(19(28)21-3)22-13(16)2/h5-6,11H,4,7-10,12H2,1-3H3,(H,21,28)(H,23,29). The van der Waals surface area contributed by atoms with Crippen LogP contribution in [0.5, 0.6) is 0 Å². The first kappa shape index (κ1) is 21.8. The Morgan fingerprint density at radius 3 is 2.53 bits per heavy atom. The number of hydrogen-bond donors (Lipinski definition) is 2. The van der Waals surface area contributed by atoms with Crippen LogP contribution in [0.15, 0.2) is 18.2 Å². The summed E-state index contributed by atoms with van der Waals surface area (Å²) in [7, 11) is 1.59. The molecule has 1 saturated heterocycles. The van der Waals surface area contributed by atoms with E-state index >= 15 is 0 Å². The Bertz CT molecular complexity index is 936. The molecule has 0 aromatic carbocycles. The minimum absolute atomic E-state index is 0.186. The number of pyridine rings is 1. The molecule has 0 radical (unpaired) electrons. The molecule has 0 aliphatic carbocycles. The Morgan fingerprint density at radius 1 is 1.17 bits per heavy atom. The third-order valence-electron chi connectivity index (χ3n) is 4.99. The number of rotatable bonds is 7. The number of nitrogens with zero attached hydrogens (tertiary/aromatic N) is 4. The molecule has 3 rings (SSSR count). The lowest BCUT2D eigenvalue weighted by Gasteiger charge is -2.36. The second-order valence-electron chi connectivity index (χ2n) is 7.06. The molecule has 160 valence electrons. The van der Waals surface area contributed by atoms with E-state index in [9.17, 15) is 14.4 Å². The Balaban J connectivity index is 1.53. The zero-order valence-corrected chi connectivity index (χ0v) is 18.2. The SMILES string of the molecule is CCC(=O)C(=O)Nc1cc(CN2CCN(c3ccc(C(=O)NC)nc3C)CC2)ns1. The van der Waals surface area contributed by atoms with Gasteiger partial charge in [-0.1, -0.05) is 6.92 Å². The molecule has 2 amide bonds. The van der Waals surface area contributed by atoms with Crippen LogP contribution in [0.2, 0.25) is 0 Å². The first-order valence-electron chi connectivity index (χ1n) is 9.88. The van der Waals surface area contributed by atoms with Crippen molar-refractivity contribution in [1.29, 1.82) is 0 Å². The monoisotopic (exact) mass is 430 g/mol. The van der Waals surface area contributed by atoms with Gasteiger partial charge in [0, 0.05) is 46.2 Å². The maximum Gasteiger partial charge on any atom is 0.292 e. The van der Waals surface area contributed by atoms with Crippen LogP contribution >= 0.6 is 11.5 Å². The van der Waals surface area contributed by atoms with Gasteiger partial charge in [-0.05, 0) is 36.7 Å². The number of ketones is 1. The van der Waals surface area contributed by atoms with Crippen molar-refractivity contribution in [2.45, 2.75) is 26.8 Å². The zero-order valence-electron chi connectivity index (χ0n) is 17.4. The lowest BCUT2D eigenvalue weighted by atomic mass is 10.2. The van der Waals surface area contributed by atoms with Crippen molar-refractivity contribution < 1.29 is 14.4 Å². The van der Waals surface area contributed by atoms with Gasteiger partial charge in [-0.15, -0.1) is 0 Å². The summed E-state index contributed by atoms with van der Waals surface area (Å²) >= 11 is 1.19. The molecule has 0 spiro atoms. The lowest BCUT2D eigenvalue weighted by Crippen LogP contribution is -2.46. The van der Waals surface area contributed by atoms with Gasteiger partial charge < -0.3 is 15.5 Å². The van der Waals surface area contributed by atoms with E-state index in [-0.39, 0.29) is 12.3 Å². The number of aromatic nitrogens is 2. The zero-order chi connectivity index (χ0) is 21.7. The molecule has 9 nitrogen and oxygen atoms in total. The average molecular weight is 431 g/mol. The van der Waals surface area contributed by atoms with Gasteiger partial charge in [0.2, 0.25) is 5.78 Å². The summed E-state index contributed by atoms with van der Waals surface area (Å²) < 4.78 is 4.39. The fourth-order valence-corrected chi connectivity index (χ4v) is 3.96. The van der Waals surface area contributed by atoms with E-state index in [0.29, 0.717) is 17.2 Å². The molecule has 0 atom stereocenters. The van der Waals surface area contributed by atoms with Gasteiger partial charge in [-0.2, -0.15) is 4.37 Å². The van der Waals surface area contributed by atoms with Crippen molar-refractivity contribution in [3.63, 3.8) is 0 Å². The van der Waals surface area contributed by atoms with E-state index in [1.54, 1.807) is 20.0 Å². The summed E-state index contributed by atoms with van der Waals surface area (Å²) in [6.07, 6.45) is 0.186. The smallest absolute Gasteiger partial charge is 0.292 e. The van der Waals surface area contributed by atoms with E-state index in [1.807, 2.05) is 19.1 Å². The van der Waals surface area contributed by atoms with Crippen molar-refractivity contribution in [3.8, 4) is 0 Å². The Labute approximate surface area is 179 Å². The highest BCUT2D eigenvalue weighted by Crippen LogP contribution is 2.22. The number of piperazine rings is 1. The molecule has 30 heavy (non-hydrogen) atoms. The highest BCUT2D eigenvalue weighted by molar-refractivity contribution is 7.10. The molecule has 2 aromatic rings. The number of nitrogens with one attached hydrogen (secondary N) is 2. The number of carbonyl (C=O) groups excluding carboxylic acids is 3. The number of anilines is 2. The van der Waals surface area contributed by atoms with Crippen LogP contribution < -0.4 is 15.5 Å². The van der Waals surface area contributed by atoms with Crippen LogP contribution in [-0.4, -0.2) is 65.1 Å². The summed E-state index contributed by atoms with van der Waals surface area (Å²) in [5.74, 6) is -1.21. The highest BCUT2D eigenvalue weighted by Gasteiger charge is 2.21. The van der Waals surface area contributed by atoms with Crippen molar-refractivity contribution in [2.24, 2.45) is 0 Å². The summed E-state index contributed by atoms with van der Waals surface area (Å²) in [4.78, 5) is 43.8. The normalized spacial score (nSPS) is 14.4. The molecular formula is C20H26N6O3S. The molecule has 2 aromatic heterocycles. The first-order valence-corrected chi connectivity index (χ1v) is 10.7. The van der Waals surface area contributed by atoms with E-state index < -0.39 is 11.7 Å². The number of carbonyl (C=O) groups is 3. The second kappa shape index (κ2) is 9.77. The maximum absolute atomic E-state index is 11.7. The molecule has 0 bridgehead atoms. The predicted molar refractivity (Wildman–Crippen MR) is 116 cm³/mol. The molecule has 0 unspecified atom stereocenters. The molecule has 10 heteroatoms. The summed E-state index contributed by atoms with van der Waals surface area (Å²) in [5, 5.41) is 5.79. The van der Waals surface area contributed by atoms with Crippen LogP contribution in [-0.2, 0) is 16.1 Å². The largest absolute Gasteiger partial charge is 0.368 e. The Hall–Kier alpha value is -2.85. The molecule has 1 aliphatic heterocycles. The van der Waals surface area contributed by atoms with Crippen molar-refractivity contribution in [1.82, 2.24) is 19.6 Å². The molecular weight excluding hydrogens is 404 g/mol. The third-order valence-corrected chi connectivity index (χ3v) is 5.73. The van der Waals surface area contributed by atoms with E-state index in [0.717, 1.165) is 43.3 Å². The van der Waals surface area contributed by atoms with E-state index in [4.69, 9.17) is 0 Å². The summed E-state index contributed by atoms with van der Waals surface area (Å²) in [6, 6.07) is 5.53. The third kappa shape index (κ3) is 5.19. The second-order valence-corrected chi connectivity index (χ2v) is 7.86. The first-order chi connectivity index (χ1) is 14.4. The van der Waals surface area contributed by atoms with E-state index in [2.05, 4.69) is 29.8 Å². The Kier molecular flexibility index (Phi) is 7.11.